The Hall–Kier alpha value is -1.78. The molecule has 0 aliphatic rings. The molecule has 0 aromatic heterocycles. The summed E-state index contributed by atoms with van der Waals surface area (Å²) in [5.41, 5.74) is 3.04. The molecule has 24 heavy (non-hydrogen) atoms. The minimum atomic E-state index is -3.06. The van der Waals surface area contributed by atoms with E-state index < -0.39 is 20.1 Å². The fourth-order valence-electron chi connectivity index (χ4n) is 2.26. The highest BCUT2D eigenvalue weighted by Crippen LogP contribution is 2.37. The van der Waals surface area contributed by atoms with Crippen molar-refractivity contribution in [3.8, 4) is 0 Å². The third-order valence-electron chi connectivity index (χ3n) is 3.52. The van der Waals surface area contributed by atoms with Crippen molar-refractivity contribution in [2.24, 2.45) is 0 Å². The highest BCUT2D eigenvalue weighted by molar-refractivity contribution is 6.80. The topological polar surface area (TPSA) is 9.23 Å². The highest BCUT2D eigenvalue weighted by Gasteiger charge is 2.39. The molecule has 1 unspecified atom stereocenters. The van der Waals surface area contributed by atoms with Crippen LogP contribution in [0, 0.1) is 0 Å². The van der Waals surface area contributed by atoms with Crippen LogP contribution in [0.5, 0.6) is 0 Å². The molecule has 2 rings (SSSR count). The quantitative estimate of drug-likeness (QED) is 0.558. The molecule has 0 radical (unpaired) electrons. The van der Waals surface area contributed by atoms with E-state index in [4.69, 9.17) is 4.74 Å². The van der Waals surface area contributed by atoms with E-state index in [9.17, 15) is 8.78 Å². The van der Waals surface area contributed by atoms with E-state index in [0.717, 1.165) is 11.6 Å². The Balaban J connectivity index is 2.24. The summed E-state index contributed by atoms with van der Waals surface area (Å²) in [5.74, 6) is -3.06. The third-order valence-corrected chi connectivity index (χ3v) is 4.68. The number of halogens is 2. The predicted molar refractivity (Wildman–Crippen MR) is 97.8 cm³/mol. The van der Waals surface area contributed by atoms with Crippen LogP contribution in [0.1, 0.15) is 17.2 Å². The molecule has 0 amide bonds. The first-order valence-corrected chi connectivity index (χ1v) is 11.6. The third kappa shape index (κ3) is 5.69. The van der Waals surface area contributed by atoms with Gasteiger partial charge in [-0.1, -0.05) is 86.0 Å². The molecule has 0 heterocycles. The molecule has 4 heteroatoms. The van der Waals surface area contributed by atoms with Crippen LogP contribution < -0.4 is 0 Å². The van der Waals surface area contributed by atoms with Crippen molar-refractivity contribution in [1.29, 1.82) is 0 Å². The van der Waals surface area contributed by atoms with E-state index in [-0.39, 0.29) is 6.61 Å². The molecule has 2 aromatic rings. The van der Waals surface area contributed by atoms with Gasteiger partial charge in [-0.15, -0.1) is 0 Å². The maximum atomic E-state index is 14.8. The van der Waals surface area contributed by atoms with Gasteiger partial charge in [-0.3, -0.25) is 0 Å². The van der Waals surface area contributed by atoms with Gasteiger partial charge in [0, 0.05) is 0 Å². The van der Waals surface area contributed by atoms with Crippen LogP contribution in [0.2, 0.25) is 19.6 Å². The van der Waals surface area contributed by atoms with Crippen molar-refractivity contribution in [2.45, 2.75) is 38.3 Å². The van der Waals surface area contributed by atoms with Crippen molar-refractivity contribution >= 4 is 8.07 Å². The molecule has 1 nitrogen and oxygen atoms in total. The van der Waals surface area contributed by atoms with Crippen LogP contribution in [-0.2, 0) is 11.3 Å². The van der Waals surface area contributed by atoms with E-state index in [2.05, 4.69) is 0 Å². The van der Waals surface area contributed by atoms with E-state index in [1.807, 2.05) is 56.0 Å². The first kappa shape index (κ1) is 18.6. The zero-order valence-corrected chi connectivity index (χ0v) is 15.4. The number of hydrogen-bond acceptors (Lipinski definition) is 1. The highest BCUT2D eigenvalue weighted by atomic mass is 28.3. The minimum Gasteiger partial charge on any atom is -0.362 e. The molecular weight excluding hydrogens is 322 g/mol. The average molecular weight is 346 g/mol. The van der Waals surface area contributed by atoms with Gasteiger partial charge in [0.15, 0.2) is 6.10 Å². The van der Waals surface area contributed by atoms with Gasteiger partial charge in [0.1, 0.15) is 0 Å². The standard InChI is InChI=1S/C20H24F2OSi/c1-24(2,3)15-14-20(21,22)19(18-12-8-5-9-13-18)23-16-17-10-6-4-7-11-17/h4-15,19H,16H2,1-3H3/b15-14+. The van der Waals surface area contributed by atoms with E-state index >= 15 is 0 Å². The monoisotopic (exact) mass is 346 g/mol. The molecular formula is C20H24F2OSi. The maximum Gasteiger partial charge on any atom is 0.295 e. The lowest BCUT2D eigenvalue weighted by molar-refractivity contribution is -0.115. The maximum absolute atomic E-state index is 14.8. The zero-order chi connectivity index (χ0) is 17.6. The Morgan fingerprint density at radius 3 is 2.04 bits per heavy atom. The normalized spacial score (nSPS) is 14.0. The Morgan fingerprint density at radius 2 is 1.50 bits per heavy atom. The molecule has 128 valence electrons. The first-order valence-electron chi connectivity index (χ1n) is 8.07. The minimum absolute atomic E-state index is 0.150. The second-order valence-electron chi connectivity index (χ2n) is 6.96. The molecule has 0 aliphatic carbocycles. The summed E-state index contributed by atoms with van der Waals surface area (Å²) in [6, 6.07) is 18.1. The van der Waals surface area contributed by atoms with Gasteiger partial charge in [-0.2, -0.15) is 8.78 Å². The van der Waals surface area contributed by atoms with Gasteiger partial charge >= 0.3 is 0 Å². The molecule has 0 aliphatic heterocycles. The second-order valence-corrected chi connectivity index (χ2v) is 12.0. The van der Waals surface area contributed by atoms with E-state index in [1.54, 1.807) is 30.0 Å². The molecule has 0 saturated carbocycles. The van der Waals surface area contributed by atoms with Crippen molar-refractivity contribution < 1.29 is 13.5 Å². The van der Waals surface area contributed by atoms with Crippen LogP contribution in [0.4, 0.5) is 8.78 Å². The SMILES string of the molecule is C[Si](C)(C)/C=C/C(F)(F)C(OCc1ccccc1)c1ccccc1. The van der Waals surface area contributed by atoms with Gasteiger partial charge < -0.3 is 4.74 Å². The summed E-state index contributed by atoms with van der Waals surface area (Å²) >= 11 is 0. The van der Waals surface area contributed by atoms with Gasteiger partial charge in [0.05, 0.1) is 14.7 Å². The van der Waals surface area contributed by atoms with Gasteiger partial charge in [0.2, 0.25) is 0 Å². The lowest BCUT2D eigenvalue weighted by Crippen LogP contribution is -2.28. The summed E-state index contributed by atoms with van der Waals surface area (Å²) in [6.07, 6.45) is -0.270. The molecule has 2 aromatic carbocycles. The van der Waals surface area contributed by atoms with E-state index in [1.165, 1.54) is 0 Å². The summed E-state index contributed by atoms with van der Waals surface area (Å²) in [4.78, 5) is 0. The van der Waals surface area contributed by atoms with Crippen molar-refractivity contribution in [3.05, 3.63) is 83.6 Å². The predicted octanol–water partition coefficient (Wildman–Crippen LogP) is 6.01. The molecule has 0 saturated heterocycles. The summed E-state index contributed by atoms with van der Waals surface area (Å²) in [5, 5.41) is 0. The Kier molecular flexibility index (Phi) is 6.08. The number of alkyl halides is 2. The van der Waals surface area contributed by atoms with E-state index in [0.29, 0.717) is 5.56 Å². The molecule has 0 fully saturated rings. The van der Waals surface area contributed by atoms with Crippen molar-refractivity contribution in [2.75, 3.05) is 0 Å². The number of ether oxygens (including phenoxy) is 1. The fourth-order valence-corrected chi connectivity index (χ4v) is 2.98. The Bertz CT molecular complexity index is 648. The molecule has 0 spiro atoms. The van der Waals surface area contributed by atoms with Gasteiger partial charge in [-0.25, -0.2) is 0 Å². The largest absolute Gasteiger partial charge is 0.362 e. The molecule has 0 N–H and O–H groups in total. The average Bonchev–Trinajstić information content (AvgIpc) is 2.54. The summed E-state index contributed by atoms with van der Waals surface area (Å²) < 4.78 is 35.3. The second kappa shape index (κ2) is 7.86. The first-order chi connectivity index (χ1) is 11.3. The van der Waals surface area contributed by atoms with Crippen LogP contribution in [-0.4, -0.2) is 14.0 Å². The lowest BCUT2D eigenvalue weighted by Gasteiger charge is -2.26. The summed E-state index contributed by atoms with van der Waals surface area (Å²) in [7, 11) is -1.72. The molecule has 1 atom stereocenters. The lowest BCUT2D eigenvalue weighted by atomic mass is 10.0. The number of hydrogen-bond donors (Lipinski definition) is 0. The number of rotatable bonds is 7. The van der Waals surface area contributed by atoms with Crippen LogP contribution >= 0.6 is 0 Å². The summed E-state index contributed by atoms with van der Waals surface area (Å²) in [6.45, 7) is 6.24. The fraction of sp³-hybridized carbons (Fsp3) is 0.300. The van der Waals surface area contributed by atoms with Gasteiger partial charge in [0.25, 0.3) is 5.92 Å². The van der Waals surface area contributed by atoms with Crippen molar-refractivity contribution in [3.63, 3.8) is 0 Å². The van der Waals surface area contributed by atoms with Crippen molar-refractivity contribution in [1.82, 2.24) is 0 Å². The number of benzene rings is 2. The smallest absolute Gasteiger partial charge is 0.295 e. The Morgan fingerprint density at radius 1 is 0.958 bits per heavy atom. The van der Waals surface area contributed by atoms with Crippen LogP contribution in [0.3, 0.4) is 0 Å². The van der Waals surface area contributed by atoms with Gasteiger partial charge in [-0.05, 0) is 17.2 Å². The zero-order valence-electron chi connectivity index (χ0n) is 14.4. The molecule has 0 bridgehead atoms. The van der Waals surface area contributed by atoms with Crippen LogP contribution in [0.25, 0.3) is 0 Å². The van der Waals surface area contributed by atoms with Crippen LogP contribution in [0.15, 0.2) is 72.4 Å². The Labute approximate surface area is 144 Å².